The molecule has 4 nitrogen and oxygen atoms in total. The normalized spacial score (nSPS) is 10.5. The van der Waals surface area contributed by atoms with Crippen molar-refractivity contribution in [3.05, 3.63) is 40.0 Å². The third-order valence-electron chi connectivity index (χ3n) is 2.39. The molecule has 17 heavy (non-hydrogen) atoms. The lowest BCUT2D eigenvalue weighted by Gasteiger charge is -2.05. The van der Waals surface area contributed by atoms with E-state index >= 15 is 0 Å². The Morgan fingerprint density at radius 2 is 2.06 bits per heavy atom. The van der Waals surface area contributed by atoms with Crippen molar-refractivity contribution in [1.29, 1.82) is 0 Å². The molecule has 0 bridgehead atoms. The van der Waals surface area contributed by atoms with Crippen LogP contribution in [0, 0.1) is 13.8 Å². The second-order valence-corrected chi connectivity index (χ2v) is 4.20. The maximum Gasteiger partial charge on any atom is 0.358 e. The fraction of sp³-hybridized carbons (Fsp3) is 0.167. The number of carboxylic acids is 1. The lowest BCUT2D eigenvalue weighted by Crippen LogP contribution is -1.94. The molecule has 1 N–H and O–H groups in total. The van der Waals surface area contributed by atoms with Crippen molar-refractivity contribution >= 4 is 17.6 Å². The van der Waals surface area contributed by atoms with Gasteiger partial charge in [0.1, 0.15) is 0 Å². The summed E-state index contributed by atoms with van der Waals surface area (Å²) in [6.07, 6.45) is 0. The maximum absolute atomic E-state index is 10.7. The lowest BCUT2D eigenvalue weighted by molar-refractivity contribution is 0.0686. The molecule has 1 aromatic heterocycles. The minimum Gasteiger partial charge on any atom is -0.476 e. The summed E-state index contributed by atoms with van der Waals surface area (Å²) in [5, 5.41) is 12.8. The third kappa shape index (κ3) is 2.17. The van der Waals surface area contributed by atoms with Gasteiger partial charge in [0.15, 0.2) is 11.5 Å². The highest BCUT2D eigenvalue weighted by atomic mass is 35.5. The molecule has 5 heteroatoms. The molecule has 0 aliphatic carbocycles. The summed E-state index contributed by atoms with van der Waals surface area (Å²) < 4.78 is 4.99. The topological polar surface area (TPSA) is 63.3 Å². The van der Waals surface area contributed by atoms with Crippen LogP contribution in [-0.4, -0.2) is 16.2 Å². The van der Waals surface area contributed by atoms with Crippen molar-refractivity contribution in [3.63, 3.8) is 0 Å². The molecule has 1 heterocycles. The number of nitrogens with zero attached hydrogens (tertiary/aromatic N) is 1. The molecule has 0 radical (unpaired) electrons. The van der Waals surface area contributed by atoms with Crippen LogP contribution < -0.4 is 0 Å². The van der Waals surface area contributed by atoms with Crippen LogP contribution in [0.4, 0.5) is 0 Å². The highest BCUT2D eigenvalue weighted by Crippen LogP contribution is 2.32. The lowest BCUT2D eigenvalue weighted by atomic mass is 10.1. The Morgan fingerprint density at radius 3 is 2.65 bits per heavy atom. The van der Waals surface area contributed by atoms with Crippen LogP contribution in [0.1, 0.15) is 21.6 Å². The molecule has 0 amide bonds. The zero-order chi connectivity index (χ0) is 12.6. The monoisotopic (exact) mass is 251 g/mol. The van der Waals surface area contributed by atoms with Gasteiger partial charge in [-0.2, -0.15) is 0 Å². The smallest absolute Gasteiger partial charge is 0.358 e. The number of benzene rings is 1. The molecule has 0 unspecified atom stereocenters. The van der Waals surface area contributed by atoms with Crippen LogP contribution in [0.25, 0.3) is 11.3 Å². The molecule has 0 aliphatic heterocycles. The summed E-state index contributed by atoms with van der Waals surface area (Å²) in [5.41, 5.74) is 2.46. The second kappa shape index (κ2) is 4.22. The van der Waals surface area contributed by atoms with Gasteiger partial charge in [-0.3, -0.25) is 0 Å². The Bertz CT molecular complexity index is 589. The SMILES string of the molecule is Cc1cc(C)c(Cl)c(-c2cc(C(=O)O)no2)c1. The summed E-state index contributed by atoms with van der Waals surface area (Å²) in [4.78, 5) is 10.7. The number of hydrogen-bond acceptors (Lipinski definition) is 3. The molecule has 0 fully saturated rings. The van der Waals surface area contributed by atoms with Gasteiger partial charge >= 0.3 is 5.97 Å². The van der Waals surface area contributed by atoms with E-state index in [1.54, 1.807) is 0 Å². The van der Waals surface area contributed by atoms with Crippen LogP contribution in [-0.2, 0) is 0 Å². The molecule has 0 aliphatic rings. The van der Waals surface area contributed by atoms with Crippen molar-refractivity contribution in [2.24, 2.45) is 0 Å². The van der Waals surface area contributed by atoms with Gasteiger partial charge in [0, 0.05) is 11.6 Å². The minimum atomic E-state index is -1.12. The zero-order valence-corrected chi connectivity index (χ0v) is 10.1. The third-order valence-corrected chi connectivity index (χ3v) is 2.90. The second-order valence-electron chi connectivity index (χ2n) is 3.82. The minimum absolute atomic E-state index is 0.129. The van der Waals surface area contributed by atoms with Crippen LogP contribution in [0.5, 0.6) is 0 Å². The van der Waals surface area contributed by atoms with E-state index in [9.17, 15) is 4.79 Å². The van der Waals surface area contributed by atoms with Crippen molar-refractivity contribution in [2.45, 2.75) is 13.8 Å². The largest absolute Gasteiger partial charge is 0.476 e. The number of rotatable bonds is 2. The van der Waals surface area contributed by atoms with Crippen LogP contribution in [0.3, 0.4) is 0 Å². The zero-order valence-electron chi connectivity index (χ0n) is 9.32. The molecule has 2 aromatic rings. The van der Waals surface area contributed by atoms with Gasteiger partial charge < -0.3 is 9.63 Å². The van der Waals surface area contributed by atoms with E-state index in [2.05, 4.69) is 5.16 Å². The number of hydrogen-bond donors (Lipinski definition) is 1. The molecule has 88 valence electrons. The molecule has 0 saturated heterocycles. The molecule has 2 rings (SSSR count). The Morgan fingerprint density at radius 1 is 1.35 bits per heavy atom. The molecule has 0 spiro atoms. The Labute approximate surface area is 103 Å². The van der Waals surface area contributed by atoms with Gasteiger partial charge in [-0.1, -0.05) is 28.4 Å². The molecule has 0 atom stereocenters. The maximum atomic E-state index is 10.7. The summed E-state index contributed by atoms with van der Waals surface area (Å²) in [5.74, 6) is -0.764. The van der Waals surface area contributed by atoms with Crippen molar-refractivity contribution in [2.75, 3.05) is 0 Å². The highest BCUT2D eigenvalue weighted by molar-refractivity contribution is 6.34. The van der Waals surface area contributed by atoms with Gasteiger partial charge in [-0.15, -0.1) is 0 Å². The predicted molar refractivity (Wildman–Crippen MR) is 63.4 cm³/mol. The number of carboxylic acid groups (broad SMARTS) is 1. The number of aromatic nitrogens is 1. The van der Waals surface area contributed by atoms with Gasteiger partial charge in [0.2, 0.25) is 0 Å². The average molecular weight is 252 g/mol. The van der Waals surface area contributed by atoms with Crippen LogP contribution >= 0.6 is 11.6 Å². The Kier molecular flexibility index (Phi) is 2.90. The Balaban J connectivity index is 2.56. The van der Waals surface area contributed by atoms with Crippen LogP contribution in [0.2, 0.25) is 5.02 Å². The standard InChI is InChI=1S/C12H10ClNO3/c1-6-3-7(2)11(13)8(4-6)10-5-9(12(15)16)14-17-10/h3-5H,1-2H3,(H,15,16). The average Bonchev–Trinajstić information content (AvgIpc) is 2.72. The predicted octanol–water partition coefficient (Wildman–Crippen LogP) is 3.31. The van der Waals surface area contributed by atoms with Gasteiger partial charge in [-0.25, -0.2) is 4.79 Å². The van der Waals surface area contributed by atoms with Crippen molar-refractivity contribution in [1.82, 2.24) is 5.16 Å². The fourth-order valence-electron chi connectivity index (χ4n) is 1.63. The van der Waals surface area contributed by atoms with Gasteiger partial charge in [0.05, 0.1) is 5.02 Å². The van der Waals surface area contributed by atoms with Crippen LogP contribution in [0.15, 0.2) is 22.7 Å². The van der Waals surface area contributed by atoms with E-state index in [1.807, 2.05) is 26.0 Å². The summed E-state index contributed by atoms with van der Waals surface area (Å²) in [7, 11) is 0. The Hall–Kier alpha value is -1.81. The number of aryl methyl sites for hydroxylation is 2. The first-order chi connectivity index (χ1) is 7.99. The van der Waals surface area contributed by atoms with Crippen molar-refractivity contribution in [3.8, 4) is 11.3 Å². The van der Waals surface area contributed by atoms with E-state index in [1.165, 1.54) is 6.07 Å². The summed E-state index contributed by atoms with van der Waals surface area (Å²) in [6, 6.07) is 5.14. The first kappa shape index (κ1) is 11.7. The van der Waals surface area contributed by atoms with Gasteiger partial charge in [-0.05, 0) is 25.5 Å². The fourth-order valence-corrected chi connectivity index (χ4v) is 1.83. The molecular formula is C12H10ClNO3. The van der Waals surface area contributed by atoms with E-state index in [0.29, 0.717) is 16.3 Å². The van der Waals surface area contributed by atoms with E-state index < -0.39 is 5.97 Å². The molecule has 1 aromatic carbocycles. The van der Waals surface area contributed by atoms with Gasteiger partial charge in [0.25, 0.3) is 0 Å². The highest BCUT2D eigenvalue weighted by Gasteiger charge is 2.15. The van der Waals surface area contributed by atoms with E-state index in [0.717, 1.165) is 11.1 Å². The first-order valence-electron chi connectivity index (χ1n) is 4.96. The van der Waals surface area contributed by atoms with E-state index in [-0.39, 0.29) is 5.69 Å². The summed E-state index contributed by atoms with van der Waals surface area (Å²) in [6.45, 7) is 3.81. The number of halogens is 1. The molecular weight excluding hydrogens is 242 g/mol. The summed E-state index contributed by atoms with van der Waals surface area (Å²) >= 11 is 6.15. The quantitative estimate of drug-likeness (QED) is 0.889. The molecule has 0 saturated carbocycles. The van der Waals surface area contributed by atoms with E-state index in [4.69, 9.17) is 21.2 Å². The number of carbonyl (C=O) groups is 1. The van der Waals surface area contributed by atoms with Crippen molar-refractivity contribution < 1.29 is 14.4 Å². The first-order valence-corrected chi connectivity index (χ1v) is 5.34. The number of aromatic carboxylic acids is 1.